The summed E-state index contributed by atoms with van der Waals surface area (Å²) in [5.74, 6) is 0.481. The van der Waals surface area contributed by atoms with Crippen LogP contribution in [0.2, 0.25) is 0 Å². The summed E-state index contributed by atoms with van der Waals surface area (Å²) in [7, 11) is 0. The molecule has 1 aliphatic rings. The van der Waals surface area contributed by atoms with Gasteiger partial charge in [0.1, 0.15) is 0 Å². The van der Waals surface area contributed by atoms with Crippen molar-refractivity contribution in [2.45, 2.75) is 25.2 Å². The van der Waals surface area contributed by atoms with Crippen LogP contribution < -0.4 is 5.32 Å². The molecular formula is C22H24N4O3. The normalized spacial score (nSPS) is 15.4. The van der Waals surface area contributed by atoms with Crippen molar-refractivity contribution in [1.82, 2.24) is 9.88 Å². The molecule has 2 aromatic carbocycles. The average molecular weight is 392 g/mol. The molecule has 2 heterocycles. The average Bonchev–Trinajstić information content (AvgIpc) is 3.17. The summed E-state index contributed by atoms with van der Waals surface area (Å²) < 4.78 is 0. The second-order valence-electron chi connectivity index (χ2n) is 7.51. The van der Waals surface area contributed by atoms with E-state index >= 15 is 0 Å². The highest BCUT2D eigenvalue weighted by molar-refractivity contribution is 5.90. The van der Waals surface area contributed by atoms with Crippen LogP contribution in [0.4, 0.5) is 11.4 Å². The van der Waals surface area contributed by atoms with Gasteiger partial charge in [-0.2, -0.15) is 0 Å². The van der Waals surface area contributed by atoms with Gasteiger partial charge in [0.25, 0.3) is 5.69 Å². The number of benzene rings is 2. The van der Waals surface area contributed by atoms with Crippen molar-refractivity contribution in [1.29, 1.82) is 0 Å². The number of aromatic nitrogens is 1. The number of piperidine rings is 1. The van der Waals surface area contributed by atoms with Crippen molar-refractivity contribution in [2.24, 2.45) is 0 Å². The number of H-pyrrole nitrogens is 1. The maximum absolute atomic E-state index is 12.2. The van der Waals surface area contributed by atoms with Crippen molar-refractivity contribution < 1.29 is 9.72 Å². The minimum Gasteiger partial charge on any atom is -0.361 e. The van der Waals surface area contributed by atoms with Crippen LogP contribution >= 0.6 is 0 Å². The fraction of sp³-hybridized carbons (Fsp3) is 0.318. The number of nitrogens with one attached hydrogen (secondary N) is 2. The summed E-state index contributed by atoms with van der Waals surface area (Å²) in [5, 5.41) is 14.8. The van der Waals surface area contributed by atoms with Gasteiger partial charge >= 0.3 is 0 Å². The third-order valence-electron chi connectivity index (χ3n) is 5.67. The largest absolute Gasteiger partial charge is 0.361 e. The summed E-state index contributed by atoms with van der Waals surface area (Å²) in [6.07, 6.45) is 4.73. The van der Waals surface area contributed by atoms with Crippen LogP contribution in [0.3, 0.4) is 0 Å². The quantitative estimate of drug-likeness (QED) is 0.484. The standard InChI is InChI=1S/C22H24N4O3/c27-22(24-17-5-7-18(8-6-17)26(28)29)11-14-25-12-9-16(10-13-25)20-15-23-21-4-2-1-3-19(20)21/h1-8,15-16,23H,9-14H2,(H,24,27). The smallest absolute Gasteiger partial charge is 0.269 e. The van der Waals surface area contributed by atoms with Crippen LogP contribution in [0.5, 0.6) is 0 Å². The van der Waals surface area contributed by atoms with E-state index in [2.05, 4.69) is 39.6 Å². The number of para-hydroxylation sites is 1. The summed E-state index contributed by atoms with van der Waals surface area (Å²) >= 11 is 0. The van der Waals surface area contributed by atoms with Gasteiger partial charge in [0.2, 0.25) is 5.91 Å². The molecule has 3 aromatic rings. The zero-order valence-corrected chi connectivity index (χ0v) is 16.1. The number of hydrogen-bond donors (Lipinski definition) is 2. The molecule has 4 rings (SSSR count). The Morgan fingerprint density at radius 2 is 1.86 bits per heavy atom. The van der Waals surface area contributed by atoms with Gasteiger partial charge in [-0.1, -0.05) is 18.2 Å². The second-order valence-corrected chi connectivity index (χ2v) is 7.51. The van der Waals surface area contributed by atoms with Gasteiger partial charge in [0.15, 0.2) is 0 Å². The zero-order valence-electron chi connectivity index (χ0n) is 16.1. The molecule has 0 atom stereocenters. The van der Waals surface area contributed by atoms with Crippen LogP contribution in [0.15, 0.2) is 54.7 Å². The number of anilines is 1. The molecule has 1 amide bonds. The van der Waals surface area contributed by atoms with Gasteiger partial charge in [-0.15, -0.1) is 0 Å². The second kappa shape index (κ2) is 8.45. The van der Waals surface area contributed by atoms with Crippen molar-refractivity contribution in [3.8, 4) is 0 Å². The Labute approximate surface area is 168 Å². The number of likely N-dealkylation sites (tertiary alicyclic amines) is 1. The summed E-state index contributed by atoms with van der Waals surface area (Å²) in [6.45, 7) is 2.68. The number of nitro benzene ring substituents is 1. The fourth-order valence-electron chi connectivity index (χ4n) is 4.05. The number of nitro groups is 1. The lowest BCUT2D eigenvalue weighted by Gasteiger charge is -2.31. The molecule has 0 bridgehead atoms. The van der Waals surface area contributed by atoms with E-state index < -0.39 is 4.92 Å². The number of aromatic amines is 1. The van der Waals surface area contributed by atoms with E-state index in [0.29, 0.717) is 18.0 Å². The van der Waals surface area contributed by atoms with Gasteiger partial charge < -0.3 is 15.2 Å². The van der Waals surface area contributed by atoms with Gasteiger partial charge in [0, 0.05) is 47.9 Å². The molecule has 0 unspecified atom stereocenters. The molecule has 1 aliphatic heterocycles. The molecule has 0 saturated carbocycles. The van der Waals surface area contributed by atoms with Gasteiger partial charge in [0.05, 0.1) is 4.92 Å². The minimum atomic E-state index is -0.453. The van der Waals surface area contributed by atoms with Crippen LogP contribution in [0.1, 0.15) is 30.7 Å². The van der Waals surface area contributed by atoms with Crippen molar-refractivity contribution >= 4 is 28.2 Å². The van der Waals surface area contributed by atoms with Crippen molar-refractivity contribution in [3.05, 3.63) is 70.4 Å². The van der Waals surface area contributed by atoms with E-state index in [1.165, 1.54) is 28.6 Å². The zero-order chi connectivity index (χ0) is 20.2. The molecular weight excluding hydrogens is 368 g/mol. The number of carbonyl (C=O) groups excluding carboxylic acids is 1. The summed E-state index contributed by atoms with van der Waals surface area (Å²) in [5.41, 5.74) is 3.18. The van der Waals surface area contributed by atoms with Crippen LogP contribution in [-0.2, 0) is 4.79 Å². The molecule has 1 saturated heterocycles. The SMILES string of the molecule is O=C(CCN1CCC(c2c[nH]c3ccccc23)CC1)Nc1ccc([N+](=O)[O-])cc1. The lowest BCUT2D eigenvalue weighted by atomic mass is 9.89. The van der Waals surface area contributed by atoms with Gasteiger partial charge in [-0.3, -0.25) is 14.9 Å². The Morgan fingerprint density at radius 3 is 2.59 bits per heavy atom. The van der Waals surface area contributed by atoms with Crippen molar-refractivity contribution in [3.63, 3.8) is 0 Å². The lowest BCUT2D eigenvalue weighted by molar-refractivity contribution is -0.384. The molecule has 0 aliphatic carbocycles. The molecule has 7 heteroatoms. The molecule has 0 spiro atoms. The molecule has 1 aromatic heterocycles. The molecule has 1 fully saturated rings. The minimum absolute atomic E-state index is 0.0149. The van der Waals surface area contributed by atoms with Crippen LogP contribution in [-0.4, -0.2) is 40.3 Å². The number of carbonyl (C=O) groups is 1. The topological polar surface area (TPSA) is 91.3 Å². The Balaban J connectivity index is 1.24. The first-order chi connectivity index (χ1) is 14.1. The van der Waals surface area contributed by atoms with Gasteiger partial charge in [-0.25, -0.2) is 0 Å². The van der Waals surface area contributed by atoms with Gasteiger partial charge in [-0.05, 0) is 55.6 Å². The van der Waals surface area contributed by atoms with E-state index in [0.717, 1.165) is 32.5 Å². The fourth-order valence-corrected chi connectivity index (χ4v) is 4.05. The first-order valence-corrected chi connectivity index (χ1v) is 9.93. The molecule has 29 heavy (non-hydrogen) atoms. The maximum Gasteiger partial charge on any atom is 0.269 e. The molecule has 2 N–H and O–H groups in total. The first-order valence-electron chi connectivity index (χ1n) is 9.93. The Morgan fingerprint density at radius 1 is 1.14 bits per heavy atom. The number of non-ortho nitro benzene ring substituents is 1. The third kappa shape index (κ3) is 4.46. The Hall–Kier alpha value is -3.19. The number of hydrogen-bond acceptors (Lipinski definition) is 4. The van der Waals surface area contributed by atoms with Crippen LogP contribution in [0, 0.1) is 10.1 Å². The Bertz CT molecular complexity index is 1000. The van der Waals surface area contributed by atoms with E-state index in [1.807, 2.05) is 6.07 Å². The van der Waals surface area contributed by atoms with E-state index in [1.54, 1.807) is 12.1 Å². The highest BCUT2D eigenvalue weighted by Crippen LogP contribution is 2.33. The highest BCUT2D eigenvalue weighted by Gasteiger charge is 2.23. The molecule has 7 nitrogen and oxygen atoms in total. The lowest BCUT2D eigenvalue weighted by Crippen LogP contribution is -2.35. The molecule has 0 radical (unpaired) electrons. The third-order valence-corrected chi connectivity index (χ3v) is 5.67. The first kappa shape index (κ1) is 19.1. The van der Waals surface area contributed by atoms with E-state index in [9.17, 15) is 14.9 Å². The molecule has 150 valence electrons. The summed E-state index contributed by atoms with van der Waals surface area (Å²) in [6, 6.07) is 14.3. The van der Waals surface area contributed by atoms with E-state index in [-0.39, 0.29) is 11.6 Å². The predicted molar refractivity (Wildman–Crippen MR) is 113 cm³/mol. The Kier molecular flexibility index (Phi) is 5.57. The van der Waals surface area contributed by atoms with Crippen LogP contribution in [0.25, 0.3) is 10.9 Å². The number of nitrogens with zero attached hydrogens (tertiary/aromatic N) is 2. The monoisotopic (exact) mass is 392 g/mol. The van der Waals surface area contributed by atoms with Crippen molar-refractivity contribution in [2.75, 3.05) is 25.0 Å². The number of rotatable bonds is 6. The number of fused-ring (bicyclic) bond motifs is 1. The number of amides is 1. The van der Waals surface area contributed by atoms with E-state index in [4.69, 9.17) is 0 Å². The highest BCUT2D eigenvalue weighted by atomic mass is 16.6. The maximum atomic E-state index is 12.2. The summed E-state index contributed by atoms with van der Waals surface area (Å²) in [4.78, 5) is 28.1. The predicted octanol–water partition coefficient (Wildman–Crippen LogP) is 4.28.